The molecule has 0 N–H and O–H groups in total. The Labute approximate surface area is 137 Å². The SMILES string of the molecule is CCCCC(=O)N1CC2(C[C@@H](Oc3cncc(C)n3)CCO2)C1. The number of rotatable bonds is 5. The number of nitrogens with zero attached hydrogens (tertiary/aromatic N) is 3. The molecule has 126 valence electrons. The second-order valence-corrected chi connectivity index (χ2v) is 6.62. The van der Waals surface area contributed by atoms with E-state index in [-0.39, 0.29) is 17.6 Å². The van der Waals surface area contributed by atoms with E-state index >= 15 is 0 Å². The van der Waals surface area contributed by atoms with Crippen LogP contribution in [0.25, 0.3) is 0 Å². The molecule has 6 nitrogen and oxygen atoms in total. The van der Waals surface area contributed by atoms with Gasteiger partial charge in [0.25, 0.3) is 0 Å². The van der Waals surface area contributed by atoms with Crippen LogP contribution in [0.3, 0.4) is 0 Å². The molecule has 6 heteroatoms. The molecule has 2 aliphatic rings. The molecule has 2 aliphatic heterocycles. The lowest BCUT2D eigenvalue weighted by molar-refractivity contribution is -0.193. The molecule has 1 aromatic rings. The fourth-order valence-corrected chi connectivity index (χ4v) is 3.28. The van der Waals surface area contributed by atoms with E-state index in [4.69, 9.17) is 9.47 Å². The number of ether oxygens (including phenoxy) is 2. The van der Waals surface area contributed by atoms with Gasteiger partial charge in [-0.05, 0) is 13.3 Å². The van der Waals surface area contributed by atoms with Crippen molar-refractivity contribution in [2.45, 2.75) is 57.7 Å². The molecule has 1 amide bonds. The van der Waals surface area contributed by atoms with Crippen LogP contribution < -0.4 is 4.74 Å². The van der Waals surface area contributed by atoms with Crippen LogP contribution in [0.2, 0.25) is 0 Å². The summed E-state index contributed by atoms with van der Waals surface area (Å²) in [6, 6.07) is 0. The minimum atomic E-state index is -0.220. The number of aryl methyl sites for hydroxylation is 1. The van der Waals surface area contributed by atoms with Gasteiger partial charge >= 0.3 is 0 Å². The minimum Gasteiger partial charge on any atom is -0.473 e. The van der Waals surface area contributed by atoms with E-state index in [0.29, 0.717) is 32.0 Å². The Bertz CT molecular complexity index is 558. The zero-order valence-electron chi connectivity index (χ0n) is 14.0. The van der Waals surface area contributed by atoms with E-state index in [1.54, 1.807) is 12.4 Å². The summed E-state index contributed by atoms with van der Waals surface area (Å²) < 4.78 is 11.9. The molecule has 1 spiro atoms. The molecule has 23 heavy (non-hydrogen) atoms. The Balaban J connectivity index is 1.52. The fraction of sp³-hybridized carbons (Fsp3) is 0.706. The van der Waals surface area contributed by atoms with E-state index in [1.807, 2.05) is 11.8 Å². The topological polar surface area (TPSA) is 64.6 Å². The maximum absolute atomic E-state index is 12.0. The van der Waals surface area contributed by atoms with Gasteiger partial charge in [-0.15, -0.1) is 0 Å². The molecule has 1 atom stereocenters. The number of aromatic nitrogens is 2. The highest BCUT2D eigenvalue weighted by atomic mass is 16.5. The number of hydrogen-bond donors (Lipinski definition) is 0. The maximum Gasteiger partial charge on any atom is 0.232 e. The number of hydrogen-bond acceptors (Lipinski definition) is 5. The summed E-state index contributed by atoms with van der Waals surface area (Å²) in [5.41, 5.74) is 0.628. The van der Waals surface area contributed by atoms with Crippen LogP contribution in [0.15, 0.2) is 12.4 Å². The Kier molecular flexibility index (Phi) is 4.80. The van der Waals surface area contributed by atoms with Crippen LogP contribution >= 0.6 is 0 Å². The van der Waals surface area contributed by atoms with Crippen molar-refractivity contribution in [1.82, 2.24) is 14.9 Å². The van der Waals surface area contributed by atoms with E-state index in [0.717, 1.165) is 31.4 Å². The molecule has 2 saturated heterocycles. The van der Waals surface area contributed by atoms with E-state index in [9.17, 15) is 4.79 Å². The van der Waals surface area contributed by atoms with E-state index < -0.39 is 0 Å². The zero-order valence-corrected chi connectivity index (χ0v) is 14.0. The first-order valence-corrected chi connectivity index (χ1v) is 8.47. The number of carbonyl (C=O) groups is 1. The van der Waals surface area contributed by atoms with Crippen molar-refractivity contribution in [3.63, 3.8) is 0 Å². The third kappa shape index (κ3) is 3.80. The van der Waals surface area contributed by atoms with E-state index in [2.05, 4.69) is 16.9 Å². The fourth-order valence-electron chi connectivity index (χ4n) is 3.28. The number of carbonyl (C=O) groups excluding carboxylic acids is 1. The molecular weight excluding hydrogens is 294 g/mol. The average Bonchev–Trinajstić information content (AvgIpc) is 2.50. The third-order valence-corrected chi connectivity index (χ3v) is 4.52. The molecule has 0 bridgehead atoms. The van der Waals surface area contributed by atoms with Crippen molar-refractivity contribution in [2.24, 2.45) is 0 Å². The monoisotopic (exact) mass is 319 g/mol. The summed E-state index contributed by atoms with van der Waals surface area (Å²) in [5, 5.41) is 0. The lowest BCUT2D eigenvalue weighted by Crippen LogP contribution is -2.67. The van der Waals surface area contributed by atoms with Crippen LogP contribution in [-0.4, -0.2) is 52.2 Å². The van der Waals surface area contributed by atoms with Gasteiger partial charge in [0.05, 0.1) is 31.6 Å². The molecule has 0 radical (unpaired) electrons. The van der Waals surface area contributed by atoms with Crippen molar-refractivity contribution in [1.29, 1.82) is 0 Å². The lowest BCUT2D eigenvalue weighted by Gasteiger charge is -2.52. The van der Waals surface area contributed by atoms with Crippen LogP contribution in [0, 0.1) is 6.92 Å². The molecular formula is C17H25N3O3. The summed E-state index contributed by atoms with van der Waals surface area (Å²) in [4.78, 5) is 22.4. The largest absolute Gasteiger partial charge is 0.473 e. The quantitative estimate of drug-likeness (QED) is 0.832. The first-order chi connectivity index (χ1) is 11.1. The van der Waals surface area contributed by atoms with Crippen molar-refractivity contribution in [3.8, 4) is 5.88 Å². The molecule has 1 aromatic heterocycles. The Hall–Kier alpha value is -1.69. The third-order valence-electron chi connectivity index (χ3n) is 4.52. The van der Waals surface area contributed by atoms with Crippen LogP contribution in [0.5, 0.6) is 5.88 Å². The normalized spacial score (nSPS) is 22.7. The zero-order chi connectivity index (χ0) is 16.3. The Morgan fingerprint density at radius 3 is 3.04 bits per heavy atom. The summed E-state index contributed by atoms with van der Waals surface area (Å²) in [6.07, 6.45) is 7.75. The van der Waals surface area contributed by atoms with E-state index in [1.165, 1.54) is 0 Å². The Morgan fingerprint density at radius 2 is 2.30 bits per heavy atom. The summed E-state index contributed by atoms with van der Waals surface area (Å²) in [6.45, 7) is 6.05. The van der Waals surface area contributed by atoms with Crippen LogP contribution in [-0.2, 0) is 9.53 Å². The van der Waals surface area contributed by atoms with Gasteiger partial charge < -0.3 is 14.4 Å². The highest BCUT2D eigenvalue weighted by Gasteiger charge is 2.49. The molecule has 0 saturated carbocycles. The highest BCUT2D eigenvalue weighted by molar-refractivity contribution is 5.77. The number of likely N-dealkylation sites (tertiary alicyclic amines) is 1. The predicted octanol–water partition coefficient (Wildman–Crippen LogP) is 2.11. The minimum absolute atomic E-state index is 0.0766. The van der Waals surface area contributed by atoms with Gasteiger partial charge in [-0.3, -0.25) is 9.78 Å². The maximum atomic E-state index is 12.0. The second-order valence-electron chi connectivity index (χ2n) is 6.62. The lowest BCUT2D eigenvalue weighted by atomic mass is 9.84. The predicted molar refractivity (Wildman–Crippen MR) is 85.2 cm³/mol. The van der Waals surface area contributed by atoms with Gasteiger partial charge in [-0.1, -0.05) is 13.3 Å². The number of amides is 1. The molecule has 3 rings (SSSR count). The molecule has 0 unspecified atom stereocenters. The van der Waals surface area contributed by atoms with Gasteiger partial charge in [-0.2, -0.15) is 0 Å². The van der Waals surface area contributed by atoms with Gasteiger partial charge in [0.2, 0.25) is 11.8 Å². The van der Waals surface area contributed by atoms with Gasteiger partial charge in [0.1, 0.15) is 11.7 Å². The second kappa shape index (κ2) is 6.83. The number of unbranched alkanes of at least 4 members (excludes halogenated alkanes) is 1. The van der Waals surface area contributed by atoms with Gasteiger partial charge in [0, 0.05) is 25.5 Å². The van der Waals surface area contributed by atoms with Crippen molar-refractivity contribution >= 4 is 5.91 Å². The molecule has 3 heterocycles. The summed E-state index contributed by atoms with van der Waals surface area (Å²) in [5.74, 6) is 0.816. The van der Waals surface area contributed by atoms with Crippen LogP contribution in [0.4, 0.5) is 0 Å². The first kappa shape index (κ1) is 16.2. The van der Waals surface area contributed by atoms with Crippen molar-refractivity contribution in [2.75, 3.05) is 19.7 Å². The average molecular weight is 319 g/mol. The standard InChI is InChI=1S/C17H25N3O3/c1-3-4-5-16(21)20-11-17(12-20)8-14(6-7-22-17)23-15-10-18-9-13(2)19-15/h9-10,14H,3-8,11-12H2,1-2H3/t14-/m0/s1. The van der Waals surface area contributed by atoms with Crippen LogP contribution in [0.1, 0.15) is 44.7 Å². The van der Waals surface area contributed by atoms with Crippen molar-refractivity contribution in [3.05, 3.63) is 18.1 Å². The first-order valence-electron chi connectivity index (χ1n) is 8.47. The van der Waals surface area contributed by atoms with Gasteiger partial charge in [-0.25, -0.2) is 4.98 Å². The summed E-state index contributed by atoms with van der Waals surface area (Å²) >= 11 is 0. The molecule has 0 aromatic carbocycles. The molecule has 0 aliphatic carbocycles. The van der Waals surface area contributed by atoms with Gasteiger partial charge in [0.15, 0.2) is 0 Å². The smallest absolute Gasteiger partial charge is 0.232 e. The summed E-state index contributed by atoms with van der Waals surface area (Å²) in [7, 11) is 0. The van der Waals surface area contributed by atoms with Crippen molar-refractivity contribution < 1.29 is 14.3 Å². The highest BCUT2D eigenvalue weighted by Crippen LogP contribution is 2.35. The molecule has 2 fully saturated rings. The Morgan fingerprint density at radius 1 is 1.48 bits per heavy atom.